The molecule has 35 heavy (non-hydrogen) atoms. The molecule has 0 aliphatic heterocycles. The second-order valence-corrected chi connectivity index (χ2v) is 8.43. The van der Waals surface area contributed by atoms with E-state index in [1.165, 1.54) is 6.07 Å². The fourth-order valence-electron chi connectivity index (χ4n) is 4.12. The lowest BCUT2D eigenvalue weighted by Crippen LogP contribution is -2.28. The summed E-state index contributed by atoms with van der Waals surface area (Å²) in [4.78, 5) is 22.6. The third kappa shape index (κ3) is 4.93. The van der Waals surface area contributed by atoms with Gasteiger partial charge in [0.25, 0.3) is 0 Å². The number of carboxylic acids is 1. The van der Waals surface area contributed by atoms with Crippen molar-refractivity contribution < 1.29 is 27.8 Å². The van der Waals surface area contributed by atoms with E-state index in [0.717, 1.165) is 12.1 Å². The molecule has 3 aromatic heterocycles. The number of alkyl halides is 3. The number of aromatic nitrogens is 5. The monoisotopic (exact) mass is 483 g/mol. The number of hydrogen-bond acceptors (Lipinski definition) is 6. The zero-order valence-corrected chi connectivity index (χ0v) is 18.3. The fourth-order valence-corrected chi connectivity index (χ4v) is 4.12. The Morgan fingerprint density at radius 2 is 1.74 bits per heavy atom. The van der Waals surface area contributed by atoms with Gasteiger partial charge in [0.1, 0.15) is 11.8 Å². The van der Waals surface area contributed by atoms with Crippen LogP contribution in [0.2, 0.25) is 0 Å². The first-order chi connectivity index (χ1) is 16.8. The molecular weight excluding hydrogens is 463 g/mol. The van der Waals surface area contributed by atoms with Gasteiger partial charge in [0.2, 0.25) is 5.88 Å². The largest absolute Gasteiger partial charge is 0.481 e. The van der Waals surface area contributed by atoms with E-state index in [0.29, 0.717) is 59.9 Å². The summed E-state index contributed by atoms with van der Waals surface area (Å²) in [7, 11) is 0. The van der Waals surface area contributed by atoms with Crippen LogP contribution in [0, 0.1) is 5.92 Å². The van der Waals surface area contributed by atoms with Crippen LogP contribution < -0.4 is 4.74 Å². The Balaban J connectivity index is 1.26. The predicted molar refractivity (Wildman–Crippen MR) is 119 cm³/mol. The van der Waals surface area contributed by atoms with Crippen molar-refractivity contribution in [1.82, 2.24) is 25.1 Å². The first-order valence-electron chi connectivity index (χ1n) is 11.0. The second-order valence-electron chi connectivity index (χ2n) is 8.43. The van der Waals surface area contributed by atoms with Crippen molar-refractivity contribution in [2.45, 2.75) is 38.0 Å². The summed E-state index contributed by atoms with van der Waals surface area (Å²) in [6.45, 7) is 0. The molecule has 1 aliphatic carbocycles. The number of hydrogen-bond donors (Lipinski definition) is 2. The Labute approximate surface area is 197 Å². The van der Waals surface area contributed by atoms with E-state index in [2.05, 4.69) is 25.1 Å². The molecule has 4 aromatic rings. The molecule has 1 saturated carbocycles. The van der Waals surface area contributed by atoms with Crippen molar-refractivity contribution in [3.63, 3.8) is 0 Å². The normalized spacial score (nSPS) is 18.5. The molecular formula is C24H20F3N5O3. The van der Waals surface area contributed by atoms with Gasteiger partial charge in [-0.2, -0.15) is 13.2 Å². The van der Waals surface area contributed by atoms with Crippen LogP contribution in [0.15, 0.2) is 48.7 Å². The molecule has 0 amide bonds. The smallest absolute Gasteiger partial charge is 0.416 e. The van der Waals surface area contributed by atoms with E-state index in [1.807, 2.05) is 0 Å². The van der Waals surface area contributed by atoms with E-state index in [4.69, 9.17) is 9.84 Å². The highest BCUT2D eigenvalue weighted by Crippen LogP contribution is 2.32. The van der Waals surface area contributed by atoms with E-state index >= 15 is 0 Å². The van der Waals surface area contributed by atoms with E-state index < -0.39 is 17.7 Å². The highest BCUT2D eigenvalue weighted by Gasteiger charge is 2.31. The first kappa shape index (κ1) is 22.8. The molecule has 3 heterocycles. The van der Waals surface area contributed by atoms with Crippen molar-refractivity contribution in [1.29, 1.82) is 0 Å². The van der Waals surface area contributed by atoms with Crippen LogP contribution in [0.5, 0.6) is 5.88 Å². The SMILES string of the molecule is O=C(O)C1CCC(Oc2ccc(-c3ccc(-c4nc5ccc(C(F)(F)F)cc5[nH]4)nn3)cn2)CC1. The number of aromatic amines is 1. The van der Waals surface area contributed by atoms with Gasteiger partial charge >= 0.3 is 12.1 Å². The maximum atomic E-state index is 12.9. The summed E-state index contributed by atoms with van der Waals surface area (Å²) in [5, 5.41) is 17.5. The van der Waals surface area contributed by atoms with Gasteiger partial charge in [-0.1, -0.05) is 0 Å². The van der Waals surface area contributed by atoms with Gasteiger partial charge < -0.3 is 14.8 Å². The zero-order valence-electron chi connectivity index (χ0n) is 18.3. The minimum Gasteiger partial charge on any atom is -0.481 e. The van der Waals surface area contributed by atoms with Crippen molar-refractivity contribution in [3.05, 3.63) is 54.2 Å². The molecule has 1 aliphatic rings. The van der Waals surface area contributed by atoms with E-state index in [9.17, 15) is 18.0 Å². The summed E-state index contributed by atoms with van der Waals surface area (Å²) < 4.78 is 44.7. The third-order valence-corrected chi connectivity index (χ3v) is 6.06. The van der Waals surface area contributed by atoms with Crippen molar-refractivity contribution in [3.8, 4) is 28.7 Å². The number of benzene rings is 1. The van der Waals surface area contributed by atoms with Gasteiger partial charge in [0.05, 0.1) is 28.2 Å². The highest BCUT2D eigenvalue weighted by atomic mass is 19.4. The van der Waals surface area contributed by atoms with E-state index in [1.54, 1.807) is 30.5 Å². The molecule has 0 radical (unpaired) electrons. The Kier molecular flexibility index (Phi) is 5.83. The molecule has 0 bridgehead atoms. The zero-order chi connectivity index (χ0) is 24.6. The third-order valence-electron chi connectivity index (χ3n) is 6.06. The lowest BCUT2D eigenvalue weighted by Gasteiger charge is -2.26. The summed E-state index contributed by atoms with van der Waals surface area (Å²) >= 11 is 0. The Hall–Kier alpha value is -4.02. The Bertz CT molecular complexity index is 1350. The number of pyridine rings is 1. The van der Waals surface area contributed by atoms with Crippen molar-refractivity contribution in [2.24, 2.45) is 5.92 Å². The van der Waals surface area contributed by atoms with Gasteiger partial charge in [-0.05, 0) is 62.1 Å². The van der Waals surface area contributed by atoms with Crippen molar-refractivity contribution >= 4 is 17.0 Å². The number of fused-ring (bicyclic) bond motifs is 1. The molecule has 1 aromatic carbocycles. The highest BCUT2D eigenvalue weighted by molar-refractivity contribution is 5.79. The van der Waals surface area contributed by atoms with E-state index in [-0.39, 0.29) is 17.5 Å². The molecule has 0 spiro atoms. The Morgan fingerprint density at radius 3 is 2.37 bits per heavy atom. The number of ether oxygens (including phenoxy) is 1. The van der Waals surface area contributed by atoms with Crippen LogP contribution in [-0.4, -0.2) is 42.3 Å². The maximum Gasteiger partial charge on any atom is 0.416 e. The summed E-state index contributed by atoms with van der Waals surface area (Å²) in [5.41, 5.74) is 1.57. The molecule has 11 heteroatoms. The first-order valence-corrected chi connectivity index (χ1v) is 11.0. The maximum absolute atomic E-state index is 12.9. The molecule has 1 fully saturated rings. The number of carbonyl (C=O) groups is 1. The minimum atomic E-state index is -4.44. The molecule has 0 saturated heterocycles. The van der Waals surface area contributed by atoms with Crippen LogP contribution in [0.1, 0.15) is 31.2 Å². The van der Waals surface area contributed by atoms with Crippen molar-refractivity contribution in [2.75, 3.05) is 0 Å². The standard InChI is InChI=1S/C24H20F3N5O3/c25-24(26,27)15-4-7-18-20(11-15)30-22(29-18)19-9-8-17(31-32-19)14-3-10-21(28-12-14)35-16-5-1-13(2-6-16)23(33)34/h3-4,7-13,16H,1-2,5-6H2,(H,29,30)(H,33,34). The molecule has 180 valence electrons. The quantitative estimate of drug-likeness (QED) is 0.405. The predicted octanol–water partition coefficient (Wildman–Crippen LogP) is 5.12. The van der Waals surface area contributed by atoms with Gasteiger partial charge in [-0.15, -0.1) is 10.2 Å². The molecule has 0 unspecified atom stereocenters. The van der Waals surface area contributed by atoms with Crippen LogP contribution in [0.4, 0.5) is 13.2 Å². The van der Waals surface area contributed by atoms with Gasteiger partial charge in [-0.25, -0.2) is 9.97 Å². The summed E-state index contributed by atoms with van der Waals surface area (Å²) in [6.07, 6.45) is -0.348. The van der Waals surface area contributed by atoms with Gasteiger partial charge in [0.15, 0.2) is 5.82 Å². The van der Waals surface area contributed by atoms with Gasteiger partial charge in [0, 0.05) is 17.8 Å². The van der Waals surface area contributed by atoms with Crippen LogP contribution in [0.25, 0.3) is 33.8 Å². The number of H-pyrrole nitrogens is 1. The minimum absolute atomic E-state index is 0.0564. The van der Waals surface area contributed by atoms with Crippen LogP contribution in [-0.2, 0) is 11.0 Å². The molecule has 0 atom stereocenters. The number of halogens is 3. The van der Waals surface area contributed by atoms with Crippen LogP contribution in [0.3, 0.4) is 0 Å². The topological polar surface area (TPSA) is 114 Å². The average Bonchev–Trinajstić information content (AvgIpc) is 3.28. The fraction of sp³-hybridized carbons (Fsp3) is 0.292. The van der Waals surface area contributed by atoms with Gasteiger partial charge in [-0.3, -0.25) is 4.79 Å². The number of nitrogens with one attached hydrogen (secondary N) is 1. The average molecular weight is 483 g/mol. The summed E-state index contributed by atoms with van der Waals surface area (Å²) in [5.74, 6) is -0.284. The number of rotatable bonds is 5. The lowest BCUT2D eigenvalue weighted by molar-refractivity contribution is -0.143. The molecule has 8 nitrogen and oxygen atoms in total. The number of nitrogens with zero attached hydrogens (tertiary/aromatic N) is 4. The lowest BCUT2D eigenvalue weighted by atomic mass is 9.87. The number of aliphatic carboxylic acids is 1. The van der Waals surface area contributed by atoms with Crippen LogP contribution >= 0.6 is 0 Å². The summed E-state index contributed by atoms with van der Waals surface area (Å²) in [6, 6.07) is 10.2. The second kappa shape index (κ2) is 8.97. The Morgan fingerprint density at radius 1 is 1.00 bits per heavy atom. The number of imidazole rings is 1. The molecule has 2 N–H and O–H groups in total. The number of carboxylic acid groups (broad SMARTS) is 1. The molecule has 5 rings (SSSR count).